The van der Waals surface area contributed by atoms with Gasteiger partial charge in [0.25, 0.3) is 5.60 Å². The molecule has 8 heteroatoms. The van der Waals surface area contributed by atoms with Crippen molar-refractivity contribution >= 4 is 46.7 Å². The van der Waals surface area contributed by atoms with E-state index in [0.29, 0.717) is 0 Å². The normalized spacial score (nSPS) is 14.7. The number of benzene rings is 2. The van der Waals surface area contributed by atoms with E-state index < -0.39 is 29.1 Å². The predicted molar refractivity (Wildman–Crippen MR) is 96.3 cm³/mol. The molecular weight excluding hydrogens is 395 g/mol. The molecule has 27 heavy (non-hydrogen) atoms. The average molecular weight is 407 g/mol. The van der Waals surface area contributed by atoms with E-state index in [2.05, 4.69) is 0 Å². The molecule has 6 nitrogen and oxygen atoms in total. The largest absolute Gasteiger partial charge is 0.437 e. The maximum absolute atomic E-state index is 13.2. The van der Waals surface area contributed by atoms with Gasteiger partial charge in [-0.1, -0.05) is 47.5 Å². The molecule has 2 aromatic rings. The van der Waals surface area contributed by atoms with Gasteiger partial charge in [0.05, 0.1) is 10.6 Å². The van der Waals surface area contributed by atoms with Crippen LogP contribution in [0, 0.1) is 0 Å². The van der Waals surface area contributed by atoms with E-state index in [1.54, 1.807) is 12.1 Å². The van der Waals surface area contributed by atoms with E-state index in [9.17, 15) is 19.2 Å². The zero-order valence-corrected chi connectivity index (χ0v) is 15.7. The molecule has 0 spiro atoms. The highest BCUT2D eigenvalue weighted by molar-refractivity contribution is 6.43. The number of hydrogen-bond donors (Lipinski definition) is 0. The summed E-state index contributed by atoms with van der Waals surface area (Å²) in [6, 6.07) is 8.65. The van der Waals surface area contributed by atoms with Crippen LogP contribution in [0.3, 0.4) is 0 Å². The summed E-state index contributed by atoms with van der Waals surface area (Å²) >= 11 is 12.1. The van der Waals surface area contributed by atoms with E-state index in [1.165, 1.54) is 24.3 Å². The molecule has 0 fully saturated rings. The zero-order valence-electron chi connectivity index (χ0n) is 14.2. The van der Waals surface area contributed by atoms with Gasteiger partial charge in [-0.05, 0) is 12.1 Å². The third kappa shape index (κ3) is 2.91. The van der Waals surface area contributed by atoms with Crippen LogP contribution in [0.25, 0.3) is 0 Å². The Kier molecular flexibility index (Phi) is 4.80. The fraction of sp³-hybridized carbons (Fsp3) is 0.158. The van der Waals surface area contributed by atoms with Crippen molar-refractivity contribution in [2.75, 3.05) is 0 Å². The molecule has 138 valence electrons. The number of hydrogen-bond acceptors (Lipinski definition) is 6. The first-order valence-electron chi connectivity index (χ1n) is 7.75. The van der Waals surface area contributed by atoms with Crippen molar-refractivity contribution in [2.45, 2.75) is 19.4 Å². The average Bonchev–Trinajstić information content (AvgIpc) is 2.81. The Morgan fingerprint density at radius 2 is 1.44 bits per heavy atom. The Morgan fingerprint density at radius 1 is 0.889 bits per heavy atom. The van der Waals surface area contributed by atoms with Crippen LogP contribution in [-0.2, 0) is 19.9 Å². The van der Waals surface area contributed by atoms with Crippen LogP contribution in [-0.4, -0.2) is 23.5 Å². The van der Waals surface area contributed by atoms with Gasteiger partial charge in [-0.15, -0.1) is 0 Å². The second-order valence-corrected chi connectivity index (χ2v) is 6.60. The minimum atomic E-state index is -2.35. The Bertz CT molecular complexity index is 976. The molecule has 0 aromatic heterocycles. The van der Waals surface area contributed by atoms with Gasteiger partial charge in [0.15, 0.2) is 5.75 Å². The first kappa shape index (κ1) is 19.1. The van der Waals surface area contributed by atoms with Gasteiger partial charge in [0.1, 0.15) is 5.02 Å². The van der Waals surface area contributed by atoms with Crippen LogP contribution in [0.4, 0.5) is 0 Å². The summed E-state index contributed by atoms with van der Waals surface area (Å²) in [5.74, 6) is -3.46. The first-order valence-corrected chi connectivity index (χ1v) is 8.50. The van der Waals surface area contributed by atoms with Crippen LogP contribution in [0.15, 0.2) is 36.4 Å². The van der Waals surface area contributed by atoms with Crippen molar-refractivity contribution in [3.8, 4) is 5.75 Å². The second kappa shape index (κ2) is 6.79. The van der Waals surface area contributed by atoms with E-state index in [4.69, 9.17) is 32.7 Å². The lowest BCUT2D eigenvalue weighted by Crippen LogP contribution is -2.43. The Labute approximate surface area is 164 Å². The molecule has 0 unspecified atom stereocenters. The van der Waals surface area contributed by atoms with Crippen molar-refractivity contribution < 1.29 is 28.7 Å². The molecule has 1 aliphatic rings. The van der Waals surface area contributed by atoms with Crippen LogP contribution in [0.5, 0.6) is 5.75 Å². The summed E-state index contributed by atoms with van der Waals surface area (Å²) in [7, 11) is 0. The molecule has 0 radical (unpaired) electrons. The predicted octanol–water partition coefficient (Wildman–Crippen LogP) is 3.76. The van der Waals surface area contributed by atoms with Gasteiger partial charge < -0.3 is 9.47 Å². The summed E-state index contributed by atoms with van der Waals surface area (Å²) in [5, 5.41) is -0.155. The lowest BCUT2D eigenvalue weighted by atomic mass is 9.87. The Morgan fingerprint density at radius 3 is 1.93 bits per heavy atom. The molecule has 0 bridgehead atoms. The number of carbonyl (C=O) groups is 4. The van der Waals surface area contributed by atoms with Crippen molar-refractivity contribution in [2.24, 2.45) is 0 Å². The number of esters is 2. The minimum absolute atomic E-state index is 0.0325. The minimum Gasteiger partial charge on any atom is -0.437 e. The van der Waals surface area contributed by atoms with E-state index >= 15 is 0 Å². The van der Waals surface area contributed by atoms with Gasteiger partial charge in [-0.3, -0.25) is 19.2 Å². The Balaban J connectivity index is 2.36. The number of fused-ring (bicyclic) bond motifs is 1. The maximum atomic E-state index is 13.2. The first-order chi connectivity index (χ1) is 12.7. The molecule has 0 atom stereocenters. The van der Waals surface area contributed by atoms with Crippen molar-refractivity contribution in [1.29, 1.82) is 0 Å². The summed E-state index contributed by atoms with van der Waals surface area (Å²) in [6.45, 7) is 2.18. The zero-order chi connectivity index (χ0) is 19.9. The molecule has 0 heterocycles. The lowest BCUT2D eigenvalue weighted by molar-refractivity contribution is -0.149. The molecule has 3 rings (SSSR count). The van der Waals surface area contributed by atoms with E-state index in [-0.39, 0.29) is 32.5 Å². The molecule has 0 N–H and O–H groups in total. The van der Waals surface area contributed by atoms with Crippen molar-refractivity contribution in [3.05, 3.63) is 63.1 Å². The number of ether oxygens (including phenoxy) is 2. The van der Waals surface area contributed by atoms with Crippen LogP contribution >= 0.6 is 23.2 Å². The summed E-state index contributed by atoms with van der Waals surface area (Å²) in [5.41, 5.74) is -2.35. The maximum Gasteiger partial charge on any atom is 0.308 e. The number of ketones is 2. The van der Waals surface area contributed by atoms with Gasteiger partial charge in [-0.2, -0.15) is 0 Å². The highest BCUT2D eigenvalue weighted by Crippen LogP contribution is 2.48. The SMILES string of the molecule is CC(=O)Oc1c(C2(OC(C)=O)C(=O)c3ccccc3C2=O)ccc(Cl)c1Cl. The van der Waals surface area contributed by atoms with Gasteiger partial charge in [-0.25, -0.2) is 0 Å². The van der Waals surface area contributed by atoms with Crippen LogP contribution in [0.1, 0.15) is 40.1 Å². The van der Waals surface area contributed by atoms with Gasteiger partial charge in [0, 0.05) is 25.0 Å². The van der Waals surface area contributed by atoms with E-state index in [1.807, 2.05) is 0 Å². The summed E-state index contributed by atoms with van der Waals surface area (Å²) < 4.78 is 10.4. The summed E-state index contributed by atoms with van der Waals surface area (Å²) in [6.07, 6.45) is 0. The monoisotopic (exact) mass is 406 g/mol. The molecule has 0 saturated carbocycles. The van der Waals surface area contributed by atoms with Gasteiger partial charge in [0.2, 0.25) is 11.6 Å². The number of carbonyl (C=O) groups excluding carboxylic acids is 4. The fourth-order valence-corrected chi connectivity index (χ4v) is 3.37. The quantitative estimate of drug-likeness (QED) is 0.438. The summed E-state index contributed by atoms with van der Waals surface area (Å²) in [4.78, 5) is 49.7. The molecule has 2 aromatic carbocycles. The number of rotatable bonds is 3. The third-order valence-electron chi connectivity index (χ3n) is 4.03. The van der Waals surface area contributed by atoms with Crippen LogP contribution in [0.2, 0.25) is 10.0 Å². The molecule has 0 amide bonds. The fourth-order valence-electron chi connectivity index (χ4n) is 3.02. The van der Waals surface area contributed by atoms with Crippen LogP contribution < -0.4 is 4.74 Å². The molecule has 1 aliphatic carbocycles. The smallest absolute Gasteiger partial charge is 0.308 e. The van der Waals surface area contributed by atoms with Gasteiger partial charge >= 0.3 is 11.9 Å². The highest BCUT2D eigenvalue weighted by Gasteiger charge is 2.59. The number of halogens is 2. The lowest BCUT2D eigenvalue weighted by Gasteiger charge is -2.28. The standard InChI is InChI=1S/C19H12Cl2O6/c1-9(22)26-16-13(7-8-14(20)15(16)21)19(27-10(2)23)17(24)11-5-3-4-6-12(11)18(19)25/h3-8H,1-2H3. The number of Topliss-reactive ketones (excluding diaryl/α,β-unsaturated/α-hetero) is 2. The molecular formula is C19H12Cl2O6. The molecule has 0 saturated heterocycles. The highest BCUT2D eigenvalue weighted by atomic mass is 35.5. The third-order valence-corrected chi connectivity index (χ3v) is 4.81. The van der Waals surface area contributed by atoms with Crippen molar-refractivity contribution in [1.82, 2.24) is 0 Å². The molecule has 0 aliphatic heterocycles. The Hall–Kier alpha value is -2.70. The topological polar surface area (TPSA) is 86.7 Å². The van der Waals surface area contributed by atoms with Crippen molar-refractivity contribution in [3.63, 3.8) is 0 Å². The second-order valence-electron chi connectivity index (χ2n) is 5.81. The van der Waals surface area contributed by atoms with E-state index in [0.717, 1.165) is 13.8 Å².